The molecule has 1 aliphatic rings. The number of likely N-dealkylation sites (N-methyl/N-ethyl adjacent to an activating group) is 1. The quantitative estimate of drug-likeness (QED) is 0.836. The first-order valence-corrected chi connectivity index (χ1v) is 9.92. The maximum Gasteiger partial charge on any atom is 0.264 e. The molecular formula is C19H25N3O3S. The first kappa shape index (κ1) is 18.6. The average molecular weight is 375 g/mol. The minimum Gasteiger partial charge on any atom is -0.459 e. The van der Waals surface area contributed by atoms with Crippen LogP contribution in [0.5, 0.6) is 0 Å². The first-order valence-electron chi connectivity index (χ1n) is 9.10. The van der Waals surface area contributed by atoms with E-state index in [1.54, 1.807) is 0 Å². The molecule has 0 atom stereocenters. The van der Waals surface area contributed by atoms with Crippen molar-refractivity contribution in [3.8, 4) is 10.8 Å². The van der Waals surface area contributed by atoms with Crippen LogP contribution in [-0.2, 0) is 4.79 Å². The highest BCUT2D eigenvalue weighted by Gasteiger charge is 2.41. The number of thiazole rings is 1. The van der Waals surface area contributed by atoms with Crippen molar-refractivity contribution >= 4 is 23.2 Å². The van der Waals surface area contributed by atoms with Crippen molar-refractivity contribution in [1.29, 1.82) is 0 Å². The van der Waals surface area contributed by atoms with Crippen LogP contribution in [0.15, 0.2) is 16.5 Å². The number of nitrogens with one attached hydrogen (secondary N) is 2. The molecule has 1 aliphatic carbocycles. The zero-order valence-electron chi connectivity index (χ0n) is 15.5. The molecule has 0 aromatic carbocycles. The van der Waals surface area contributed by atoms with E-state index < -0.39 is 5.54 Å². The summed E-state index contributed by atoms with van der Waals surface area (Å²) >= 11 is 1.30. The lowest BCUT2D eigenvalue weighted by Gasteiger charge is -2.36. The van der Waals surface area contributed by atoms with E-state index in [0.29, 0.717) is 40.7 Å². The minimum atomic E-state index is -0.816. The predicted molar refractivity (Wildman–Crippen MR) is 101 cm³/mol. The minimum absolute atomic E-state index is 0.0860. The van der Waals surface area contributed by atoms with Gasteiger partial charge < -0.3 is 15.1 Å². The normalized spacial score (nSPS) is 16.3. The Hall–Kier alpha value is -2.15. The Morgan fingerprint density at radius 1 is 1.23 bits per heavy atom. The number of carbonyl (C=O) groups is 2. The van der Waals surface area contributed by atoms with Crippen LogP contribution in [0.2, 0.25) is 0 Å². The van der Waals surface area contributed by atoms with E-state index in [0.717, 1.165) is 25.0 Å². The molecule has 0 bridgehead atoms. The molecule has 2 aromatic heterocycles. The average Bonchev–Trinajstić information content (AvgIpc) is 3.21. The van der Waals surface area contributed by atoms with Gasteiger partial charge in [0.05, 0.1) is 5.69 Å². The van der Waals surface area contributed by atoms with Crippen LogP contribution in [0.1, 0.15) is 60.2 Å². The van der Waals surface area contributed by atoms with Crippen LogP contribution in [0, 0.1) is 13.8 Å². The van der Waals surface area contributed by atoms with Crippen molar-refractivity contribution in [2.75, 3.05) is 6.54 Å². The summed E-state index contributed by atoms with van der Waals surface area (Å²) in [5, 5.41) is 6.59. The number of aromatic nitrogens is 1. The molecule has 1 saturated carbocycles. The topological polar surface area (TPSA) is 84.2 Å². The predicted octanol–water partition coefficient (Wildman–Crippen LogP) is 3.59. The first-order chi connectivity index (χ1) is 12.4. The van der Waals surface area contributed by atoms with Gasteiger partial charge in [0, 0.05) is 6.54 Å². The second-order valence-electron chi connectivity index (χ2n) is 6.80. The van der Waals surface area contributed by atoms with Crippen molar-refractivity contribution in [1.82, 2.24) is 15.6 Å². The summed E-state index contributed by atoms with van der Waals surface area (Å²) in [7, 11) is 0. The van der Waals surface area contributed by atoms with Gasteiger partial charge in [-0.15, -0.1) is 11.3 Å². The Balaban J connectivity index is 1.84. The number of rotatable bonds is 5. The van der Waals surface area contributed by atoms with Crippen LogP contribution in [0.3, 0.4) is 0 Å². The summed E-state index contributed by atoms with van der Waals surface area (Å²) in [5.74, 6) is 1.14. The number of nitrogens with zero attached hydrogens (tertiary/aromatic N) is 1. The monoisotopic (exact) mass is 375 g/mol. The van der Waals surface area contributed by atoms with Gasteiger partial charge >= 0.3 is 0 Å². The van der Waals surface area contributed by atoms with Crippen LogP contribution in [-0.4, -0.2) is 28.9 Å². The molecule has 0 aliphatic heterocycles. The lowest BCUT2D eigenvalue weighted by atomic mass is 9.80. The number of amides is 2. The van der Waals surface area contributed by atoms with E-state index in [1.165, 1.54) is 11.3 Å². The van der Waals surface area contributed by atoms with Crippen molar-refractivity contribution in [3.05, 3.63) is 28.5 Å². The van der Waals surface area contributed by atoms with Gasteiger partial charge in [-0.3, -0.25) is 9.59 Å². The Morgan fingerprint density at radius 2 is 1.96 bits per heavy atom. The number of carbonyl (C=O) groups excluding carboxylic acids is 2. The molecule has 2 aromatic rings. The Labute approximate surface area is 157 Å². The molecule has 2 N–H and O–H groups in total. The highest BCUT2D eigenvalue weighted by molar-refractivity contribution is 7.17. The van der Waals surface area contributed by atoms with Gasteiger partial charge in [-0.05, 0) is 45.7 Å². The standard InChI is InChI=1S/C19H25N3O3S/c1-4-20-18(24)19(10-6-5-7-11-19)22-16(23)15-13(3)21-17(26-15)14-9-8-12(2)25-14/h8-9H,4-7,10-11H2,1-3H3,(H,20,24)(H,22,23). The maximum absolute atomic E-state index is 12.9. The molecule has 6 nitrogen and oxygen atoms in total. The number of furan rings is 1. The van der Waals surface area contributed by atoms with Crippen LogP contribution in [0.4, 0.5) is 0 Å². The smallest absolute Gasteiger partial charge is 0.264 e. The molecule has 26 heavy (non-hydrogen) atoms. The number of aryl methyl sites for hydroxylation is 2. The van der Waals surface area contributed by atoms with Crippen molar-refractivity contribution < 1.29 is 14.0 Å². The van der Waals surface area contributed by atoms with Crippen molar-refractivity contribution in [2.24, 2.45) is 0 Å². The summed E-state index contributed by atoms with van der Waals surface area (Å²) < 4.78 is 5.61. The molecule has 0 spiro atoms. The fourth-order valence-corrected chi connectivity index (χ4v) is 4.35. The third-order valence-corrected chi connectivity index (χ3v) is 5.96. The van der Waals surface area contributed by atoms with Crippen LogP contribution < -0.4 is 10.6 Å². The third kappa shape index (κ3) is 3.67. The second-order valence-corrected chi connectivity index (χ2v) is 7.80. The Bertz CT molecular complexity index is 803. The van der Waals surface area contributed by atoms with Crippen molar-refractivity contribution in [2.45, 2.75) is 58.4 Å². The zero-order valence-corrected chi connectivity index (χ0v) is 16.3. The zero-order chi connectivity index (χ0) is 18.7. The molecule has 1 fully saturated rings. The molecule has 7 heteroatoms. The Morgan fingerprint density at radius 3 is 2.58 bits per heavy atom. The fourth-order valence-electron chi connectivity index (χ4n) is 3.43. The summed E-state index contributed by atoms with van der Waals surface area (Å²) in [6.07, 6.45) is 4.32. The van der Waals surface area contributed by atoms with Gasteiger partial charge in [0.15, 0.2) is 10.8 Å². The maximum atomic E-state index is 12.9. The van der Waals surface area contributed by atoms with Gasteiger partial charge in [-0.1, -0.05) is 19.3 Å². The van der Waals surface area contributed by atoms with Gasteiger partial charge in [0.25, 0.3) is 5.91 Å². The lowest BCUT2D eigenvalue weighted by Crippen LogP contribution is -2.59. The number of hydrogen-bond acceptors (Lipinski definition) is 5. The number of hydrogen-bond donors (Lipinski definition) is 2. The van der Waals surface area contributed by atoms with E-state index in [-0.39, 0.29) is 11.8 Å². The molecule has 2 amide bonds. The largest absolute Gasteiger partial charge is 0.459 e. The van der Waals surface area contributed by atoms with Gasteiger partial charge in [0.1, 0.15) is 16.2 Å². The lowest BCUT2D eigenvalue weighted by molar-refractivity contribution is -0.128. The third-order valence-electron chi connectivity index (χ3n) is 4.79. The molecule has 0 saturated heterocycles. The van der Waals surface area contributed by atoms with E-state index in [2.05, 4.69) is 15.6 Å². The Kier molecular flexibility index (Phi) is 5.46. The molecule has 140 valence electrons. The fraction of sp³-hybridized carbons (Fsp3) is 0.526. The van der Waals surface area contributed by atoms with Crippen LogP contribution >= 0.6 is 11.3 Å². The van der Waals surface area contributed by atoms with Crippen molar-refractivity contribution in [3.63, 3.8) is 0 Å². The summed E-state index contributed by atoms with van der Waals surface area (Å²) in [5.41, 5.74) is -0.165. The SMILES string of the molecule is CCNC(=O)C1(NC(=O)c2sc(-c3ccc(C)o3)nc2C)CCCCC1. The molecule has 2 heterocycles. The van der Waals surface area contributed by atoms with E-state index in [9.17, 15) is 9.59 Å². The summed E-state index contributed by atoms with van der Waals surface area (Å²) in [4.78, 5) is 30.6. The van der Waals surface area contributed by atoms with Gasteiger partial charge in [-0.25, -0.2) is 4.98 Å². The summed E-state index contributed by atoms with van der Waals surface area (Å²) in [6.45, 7) is 6.13. The molecule has 0 radical (unpaired) electrons. The summed E-state index contributed by atoms with van der Waals surface area (Å²) in [6, 6.07) is 3.73. The molecular weight excluding hydrogens is 350 g/mol. The van der Waals surface area contributed by atoms with E-state index >= 15 is 0 Å². The van der Waals surface area contributed by atoms with Gasteiger partial charge in [-0.2, -0.15) is 0 Å². The van der Waals surface area contributed by atoms with E-state index in [4.69, 9.17) is 4.42 Å². The molecule has 0 unspecified atom stereocenters. The highest BCUT2D eigenvalue weighted by Crippen LogP contribution is 2.32. The van der Waals surface area contributed by atoms with E-state index in [1.807, 2.05) is 32.9 Å². The van der Waals surface area contributed by atoms with Gasteiger partial charge in [0.2, 0.25) is 5.91 Å². The molecule has 3 rings (SSSR count). The van der Waals surface area contributed by atoms with Crippen LogP contribution in [0.25, 0.3) is 10.8 Å². The second kappa shape index (κ2) is 7.61. The highest BCUT2D eigenvalue weighted by atomic mass is 32.1.